The SMILES string of the molecule is CC(C)(C)OC(=O)N1C=CN(c2ccc(F)cc2F)CC1. The monoisotopic (exact) mass is 296 g/mol. The maximum atomic E-state index is 13.7. The molecule has 0 aromatic heterocycles. The van der Waals surface area contributed by atoms with Crippen molar-refractivity contribution in [2.45, 2.75) is 26.4 Å². The highest BCUT2D eigenvalue weighted by Crippen LogP contribution is 2.22. The van der Waals surface area contributed by atoms with Crippen LogP contribution in [0, 0.1) is 11.6 Å². The Morgan fingerprint density at radius 2 is 1.90 bits per heavy atom. The molecule has 1 aliphatic rings. The van der Waals surface area contributed by atoms with Crippen LogP contribution in [0.2, 0.25) is 0 Å². The predicted octanol–water partition coefficient (Wildman–Crippen LogP) is 3.49. The summed E-state index contributed by atoms with van der Waals surface area (Å²) in [4.78, 5) is 14.9. The third kappa shape index (κ3) is 3.93. The van der Waals surface area contributed by atoms with Crippen LogP contribution >= 0.6 is 0 Å². The number of carbonyl (C=O) groups is 1. The van der Waals surface area contributed by atoms with Gasteiger partial charge in [-0.3, -0.25) is 4.90 Å². The molecule has 0 fully saturated rings. The van der Waals surface area contributed by atoms with Crippen LogP contribution in [0.1, 0.15) is 20.8 Å². The fourth-order valence-electron chi connectivity index (χ4n) is 1.91. The van der Waals surface area contributed by atoms with Crippen molar-refractivity contribution in [2.24, 2.45) is 0 Å². The molecule has 6 heteroatoms. The summed E-state index contributed by atoms with van der Waals surface area (Å²) in [5.74, 6) is -1.25. The van der Waals surface area contributed by atoms with Crippen LogP contribution in [0.4, 0.5) is 19.3 Å². The van der Waals surface area contributed by atoms with Crippen LogP contribution in [0.15, 0.2) is 30.6 Å². The number of hydrogen-bond donors (Lipinski definition) is 0. The van der Waals surface area contributed by atoms with Crippen molar-refractivity contribution in [3.05, 3.63) is 42.2 Å². The normalized spacial score (nSPS) is 15.3. The van der Waals surface area contributed by atoms with Crippen molar-refractivity contribution in [3.63, 3.8) is 0 Å². The summed E-state index contributed by atoms with van der Waals surface area (Å²) < 4.78 is 31.8. The zero-order valence-corrected chi connectivity index (χ0v) is 12.3. The molecule has 1 aromatic rings. The van der Waals surface area contributed by atoms with Gasteiger partial charge in [0.2, 0.25) is 0 Å². The molecule has 1 aliphatic heterocycles. The van der Waals surface area contributed by atoms with Crippen LogP contribution in [0.3, 0.4) is 0 Å². The maximum absolute atomic E-state index is 13.7. The Hall–Kier alpha value is -2.11. The molecule has 0 spiro atoms. The second-order valence-electron chi connectivity index (χ2n) is 5.76. The van der Waals surface area contributed by atoms with E-state index in [4.69, 9.17) is 4.74 Å². The largest absolute Gasteiger partial charge is 0.443 e. The summed E-state index contributed by atoms with van der Waals surface area (Å²) in [7, 11) is 0. The molecule has 21 heavy (non-hydrogen) atoms. The number of ether oxygens (including phenoxy) is 1. The van der Waals surface area contributed by atoms with E-state index in [0.717, 1.165) is 6.07 Å². The van der Waals surface area contributed by atoms with Gasteiger partial charge in [0.25, 0.3) is 0 Å². The van der Waals surface area contributed by atoms with Gasteiger partial charge in [0, 0.05) is 31.6 Å². The van der Waals surface area contributed by atoms with E-state index in [0.29, 0.717) is 13.1 Å². The van der Waals surface area contributed by atoms with Crippen LogP contribution in [-0.2, 0) is 4.74 Å². The summed E-state index contributed by atoms with van der Waals surface area (Å²) >= 11 is 0. The molecule has 0 atom stereocenters. The second kappa shape index (κ2) is 5.71. The second-order valence-corrected chi connectivity index (χ2v) is 5.76. The number of halogens is 2. The van der Waals surface area contributed by atoms with Gasteiger partial charge in [0.1, 0.15) is 17.2 Å². The van der Waals surface area contributed by atoms with Gasteiger partial charge in [0.05, 0.1) is 5.69 Å². The molecule has 0 unspecified atom stereocenters. The molecular formula is C15H18F2N2O2. The molecule has 1 heterocycles. The van der Waals surface area contributed by atoms with E-state index in [2.05, 4.69) is 0 Å². The van der Waals surface area contributed by atoms with Crippen molar-refractivity contribution in [1.82, 2.24) is 4.90 Å². The molecule has 1 amide bonds. The third-order valence-electron chi connectivity index (χ3n) is 2.86. The first-order chi connectivity index (χ1) is 9.76. The summed E-state index contributed by atoms with van der Waals surface area (Å²) in [6, 6.07) is 3.41. The predicted molar refractivity (Wildman–Crippen MR) is 75.8 cm³/mol. The number of rotatable bonds is 1. The fourth-order valence-corrected chi connectivity index (χ4v) is 1.91. The average molecular weight is 296 g/mol. The Morgan fingerprint density at radius 3 is 2.43 bits per heavy atom. The van der Waals surface area contributed by atoms with E-state index < -0.39 is 23.3 Å². The Balaban J connectivity index is 2.06. The number of nitrogens with zero attached hydrogens (tertiary/aromatic N) is 2. The van der Waals surface area contributed by atoms with Gasteiger partial charge in [-0.25, -0.2) is 13.6 Å². The average Bonchev–Trinajstić information content (AvgIpc) is 2.37. The number of amides is 1. The van der Waals surface area contributed by atoms with Gasteiger partial charge in [0.15, 0.2) is 0 Å². The lowest BCUT2D eigenvalue weighted by Gasteiger charge is -2.31. The molecule has 4 nitrogen and oxygen atoms in total. The molecule has 0 radical (unpaired) electrons. The lowest BCUT2D eigenvalue weighted by molar-refractivity contribution is 0.0334. The first-order valence-corrected chi connectivity index (χ1v) is 6.66. The number of carbonyl (C=O) groups excluding carboxylic acids is 1. The molecule has 0 aliphatic carbocycles. The molecule has 114 valence electrons. The minimum absolute atomic E-state index is 0.275. The standard InChI is InChI=1S/C15H18F2N2O2/c1-15(2,3)21-14(20)19-8-6-18(7-9-19)13-5-4-11(16)10-12(13)17/h4-6,8,10H,7,9H2,1-3H3. The van der Waals surface area contributed by atoms with Crippen molar-refractivity contribution in [2.75, 3.05) is 18.0 Å². The Kier molecular flexibility index (Phi) is 4.16. The van der Waals surface area contributed by atoms with Gasteiger partial charge in [-0.1, -0.05) is 0 Å². The Labute approximate surface area is 122 Å². The quantitative estimate of drug-likeness (QED) is 0.795. The maximum Gasteiger partial charge on any atom is 0.414 e. The van der Waals surface area contributed by atoms with Crippen molar-refractivity contribution < 1.29 is 18.3 Å². The molecule has 0 saturated carbocycles. The van der Waals surface area contributed by atoms with Gasteiger partial charge >= 0.3 is 6.09 Å². The van der Waals surface area contributed by atoms with Crippen molar-refractivity contribution >= 4 is 11.8 Å². The molecule has 0 saturated heterocycles. The highest BCUT2D eigenvalue weighted by atomic mass is 19.1. The van der Waals surface area contributed by atoms with E-state index in [1.165, 1.54) is 23.2 Å². The molecular weight excluding hydrogens is 278 g/mol. The van der Waals surface area contributed by atoms with Gasteiger partial charge in [-0.2, -0.15) is 0 Å². The molecule has 0 bridgehead atoms. The van der Waals surface area contributed by atoms with E-state index in [-0.39, 0.29) is 5.69 Å². The fraction of sp³-hybridized carbons (Fsp3) is 0.400. The minimum atomic E-state index is -0.634. The summed E-state index contributed by atoms with van der Waals surface area (Å²) in [5, 5.41) is 0. The Bertz CT molecular complexity index is 567. The number of hydrogen-bond acceptors (Lipinski definition) is 3. The van der Waals surface area contributed by atoms with Gasteiger partial charge in [-0.15, -0.1) is 0 Å². The van der Waals surface area contributed by atoms with Crippen LogP contribution in [0.5, 0.6) is 0 Å². The van der Waals surface area contributed by atoms with E-state index in [1.807, 2.05) is 0 Å². The smallest absolute Gasteiger partial charge is 0.414 e. The summed E-state index contributed by atoms with van der Waals surface area (Å²) in [6.07, 6.45) is 2.65. The number of benzene rings is 1. The third-order valence-corrected chi connectivity index (χ3v) is 2.86. The zero-order valence-electron chi connectivity index (χ0n) is 12.3. The summed E-state index contributed by atoms with van der Waals surface area (Å²) in [6.45, 7) is 6.14. The first kappa shape index (κ1) is 15.3. The highest BCUT2D eigenvalue weighted by Gasteiger charge is 2.23. The van der Waals surface area contributed by atoms with E-state index in [1.54, 1.807) is 31.9 Å². The van der Waals surface area contributed by atoms with Gasteiger partial charge in [-0.05, 0) is 32.9 Å². The zero-order chi connectivity index (χ0) is 15.6. The summed E-state index contributed by atoms with van der Waals surface area (Å²) in [5.41, 5.74) is -0.290. The van der Waals surface area contributed by atoms with E-state index >= 15 is 0 Å². The van der Waals surface area contributed by atoms with Crippen LogP contribution in [-0.4, -0.2) is 29.7 Å². The molecule has 0 N–H and O–H groups in total. The van der Waals surface area contributed by atoms with E-state index in [9.17, 15) is 13.6 Å². The van der Waals surface area contributed by atoms with Crippen LogP contribution < -0.4 is 4.90 Å². The van der Waals surface area contributed by atoms with Crippen molar-refractivity contribution in [1.29, 1.82) is 0 Å². The Morgan fingerprint density at radius 1 is 1.19 bits per heavy atom. The lowest BCUT2D eigenvalue weighted by Crippen LogP contribution is -2.41. The van der Waals surface area contributed by atoms with Crippen molar-refractivity contribution in [3.8, 4) is 0 Å². The van der Waals surface area contributed by atoms with Gasteiger partial charge < -0.3 is 9.64 Å². The van der Waals surface area contributed by atoms with Crippen LogP contribution in [0.25, 0.3) is 0 Å². The molecule has 2 rings (SSSR count). The first-order valence-electron chi connectivity index (χ1n) is 6.66. The minimum Gasteiger partial charge on any atom is -0.443 e. The topological polar surface area (TPSA) is 32.8 Å². The number of anilines is 1. The highest BCUT2D eigenvalue weighted by molar-refractivity contribution is 5.70. The lowest BCUT2D eigenvalue weighted by atomic mass is 10.2. The molecule has 1 aromatic carbocycles.